The van der Waals surface area contributed by atoms with Crippen LogP contribution in [0.2, 0.25) is 0 Å². The number of ether oxygens (including phenoxy) is 1. The molecule has 0 radical (unpaired) electrons. The molecule has 2 aromatic carbocycles. The average molecular weight is 451 g/mol. The van der Waals surface area contributed by atoms with Gasteiger partial charge in [0.15, 0.2) is 0 Å². The summed E-state index contributed by atoms with van der Waals surface area (Å²) in [6.45, 7) is 2.78. The molecule has 1 amide bonds. The highest BCUT2D eigenvalue weighted by atomic mass is 32.2. The molecule has 2 heterocycles. The molecule has 4 aromatic rings. The molecule has 0 aliphatic heterocycles. The Morgan fingerprint density at radius 3 is 2.84 bits per heavy atom. The van der Waals surface area contributed by atoms with Crippen LogP contribution in [0.1, 0.15) is 19.8 Å². The van der Waals surface area contributed by atoms with Gasteiger partial charge in [0.2, 0.25) is 5.91 Å². The van der Waals surface area contributed by atoms with Gasteiger partial charge in [-0.15, -0.1) is 0 Å². The molecule has 0 aliphatic rings. The summed E-state index contributed by atoms with van der Waals surface area (Å²) in [6, 6.07) is 15.8. The van der Waals surface area contributed by atoms with E-state index >= 15 is 0 Å². The summed E-state index contributed by atoms with van der Waals surface area (Å²) >= 11 is 1.28. The number of unbranched alkanes of at least 4 members (excludes halogenated alkanes) is 1. The third-order valence-corrected chi connectivity index (χ3v) is 5.76. The van der Waals surface area contributed by atoms with E-state index in [1.807, 2.05) is 30.3 Å². The van der Waals surface area contributed by atoms with Gasteiger partial charge in [0.1, 0.15) is 16.6 Å². The third kappa shape index (κ3) is 5.08. The van der Waals surface area contributed by atoms with Gasteiger partial charge in [-0.2, -0.15) is 5.10 Å². The lowest BCUT2D eigenvalue weighted by Crippen LogP contribution is -2.15. The highest BCUT2D eigenvalue weighted by Crippen LogP contribution is 2.32. The number of halogens is 1. The Kier molecular flexibility index (Phi) is 7.01. The number of nitrogens with zero attached hydrogens (tertiary/aromatic N) is 3. The van der Waals surface area contributed by atoms with Crippen LogP contribution in [0.3, 0.4) is 0 Å². The highest BCUT2D eigenvalue weighted by molar-refractivity contribution is 8.00. The van der Waals surface area contributed by atoms with E-state index in [2.05, 4.69) is 22.3 Å². The average Bonchev–Trinajstić information content (AvgIpc) is 3.24. The number of anilines is 1. The van der Waals surface area contributed by atoms with Crippen molar-refractivity contribution >= 4 is 28.9 Å². The number of hydrogen-bond donors (Lipinski definition) is 1. The van der Waals surface area contributed by atoms with Crippen LogP contribution in [-0.2, 0) is 4.79 Å². The van der Waals surface area contributed by atoms with Crippen molar-refractivity contribution in [2.75, 3.05) is 17.7 Å². The zero-order valence-corrected chi connectivity index (χ0v) is 18.4. The summed E-state index contributed by atoms with van der Waals surface area (Å²) in [5, 5.41) is 7.93. The standard InChI is InChI=1S/C24H23FN4O2S/c1-2-3-14-31-22-11-7-4-8-17(22)20-15-21-24(26-12-13-29(21)28-20)32-16-23(30)27-19-10-6-5-9-18(19)25/h4-13,15H,2-3,14,16H2,1H3,(H,27,30). The molecule has 4 rings (SSSR count). The molecule has 0 atom stereocenters. The molecular weight excluding hydrogens is 427 g/mol. The largest absolute Gasteiger partial charge is 0.493 e. The number of thioether (sulfide) groups is 1. The number of amides is 1. The molecule has 164 valence electrons. The number of carbonyl (C=O) groups is 1. The number of nitrogens with one attached hydrogen (secondary N) is 1. The van der Waals surface area contributed by atoms with Crippen molar-refractivity contribution in [3.05, 3.63) is 72.8 Å². The van der Waals surface area contributed by atoms with Gasteiger partial charge in [0.05, 0.1) is 29.3 Å². The third-order valence-electron chi connectivity index (χ3n) is 4.76. The van der Waals surface area contributed by atoms with Crippen molar-refractivity contribution < 1.29 is 13.9 Å². The molecule has 0 unspecified atom stereocenters. The van der Waals surface area contributed by atoms with Gasteiger partial charge in [0, 0.05) is 18.0 Å². The number of para-hydroxylation sites is 2. The van der Waals surface area contributed by atoms with Crippen LogP contribution in [-0.4, -0.2) is 32.9 Å². The fraction of sp³-hybridized carbons (Fsp3) is 0.208. The zero-order valence-electron chi connectivity index (χ0n) is 17.6. The summed E-state index contributed by atoms with van der Waals surface area (Å²) in [4.78, 5) is 16.7. The highest BCUT2D eigenvalue weighted by Gasteiger charge is 2.14. The fourth-order valence-electron chi connectivity index (χ4n) is 3.15. The quantitative estimate of drug-likeness (QED) is 0.271. The normalized spacial score (nSPS) is 10.9. The maximum Gasteiger partial charge on any atom is 0.234 e. The lowest BCUT2D eigenvalue weighted by molar-refractivity contribution is -0.113. The molecule has 0 bridgehead atoms. The van der Waals surface area contributed by atoms with E-state index in [4.69, 9.17) is 4.74 Å². The van der Waals surface area contributed by atoms with E-state index in [1.165, 1.54) is 23.9 Å². The van der Waals surface area contributed by atoms with Gasteiger partial charge < -0.3 is 10.1 Å². The second kappa shape index (κ2) is 10.3. The van der Waals surface area contributed by atoms with Crippen molar-refractivity contribution in [2.24, 2.45) is 0 Å². The number of aromatic nitrogens is 3. The molecule has 6 nitrogen and oxygen atoms in total. The van der Waals surface area contributed by atoms with Crippen molar-refractivity contribution in [3.63, 3.8) is 0 Å². The van der Waals surface area contributed by atoms with E-state index in [0.717, 1.165) is 35.4 Å². The summed E-state index contributed by atoms with van der Waals surface area (Å²) in [7, 11) is 0. The fourth-order valence-corrected chi connectivity index (χ4v) is 3.93. The topological polar surface area (TPSA) is 68.5 Å². The van der Waals surface area contributed by atoms with Crippen LogP contribution < -0.4 is 10.1 Å². The summed E-state index contributed by atoms with van der Waals surface area (Å²) in [5.74, 6) is 0.110. The molecule has 0 spiro atoms. The number of carbonyl (C=O) groups excluding carboxylic acids is 1. The molecule has 8 heteroatoms. The number of hydrogen-bond acceptors (Lipinski definition) is 5. The zero-order chi connectivity index (χ0) is 22.3. The van der Waals surface area contributed by atoms with Gasteiger partial charge in [0.25, 0.3) is 0 Å². The van der Waals surface area contributed by atoms with E-state index in [1.54, 1.807) is 29.0 Å². The van der Waals surface area contributed by atoms with Crippen molar-refractivity contribution in [1.82, 2.24) is 14.6 Å². The SMILES string of the molecule is CCCCOc1ccccc1-c1cc2c(SCC(=O)Nc3ccccc3F)nccn2n1. The van der Waals surface area contributed by atoms with Gasteiger partial charge >= 0.3 is 0 Å². The lowest BCUT2D eigenvalue weighted by Gasteiger charge is -2.09. The first kappa shape index (κ1) is 21.8. The van der Waals surface area contributed by atoms with E-state index in [-0.39, 0.29) is 17.3 Å². The molecule has 32 heavy (non-hydrogen) atoms. The number of fused-ring (bicyclic) bond motifs is 1. The number of rotatable bonds is 9. The van der Waals surface area contributed by atoms with Crippen LogP contribution in [0.15, 0.2) is 72.0 Å². The molecule has 0 saturated heterocycles. The van der Waals surface area contributed by atoms with E-state index in [9.17, 15) is 9.18 Å². The minimum atomic E-state index is -0.466. The maximum atomic E-state index is 13.8. The summed E-state index contributed by atoms with van der Waals surface area (Å²) < 4.78 is 21.4. The maximum absolute atomic E-state index is 13.8. The molecule has 0 saturated carbocycles. The Hall–Kier alpha value is -3.39. The molecule has 0 fully saturated rings. The van der Waals surface area contributed by atoms with E-state index < -0.39 is 5.82 Å². The second-order valence-corrected chi connectivity index (χ2v) is 8.07. The molecule has 1 N–H and O–H groups in total. The van der Waals surface area contributed by atoms with Gasteiger partial charge in [-0.3, -0.25) is 4.79 Å². The Bertz CT molecular complexity index is 1230. The van der Waals surface area contributed by atoms with Crippen LogP contribution in [0.5, 0.6) is 5.75 Å². The van der Waals surface area contributed by atoms with Crippen molar-refractivity contribution in [1.29, 1.82) is 0 Å². The monoisotopic (exact) mass is 450 g/mol. The van der Waals surface area contributed by atoms with Crippen molar-refractivity contribution in [2.45, 2.75) is 24.8 Å². The predicted molar refractivity (Wildman–Crippen MR) is 125 cm³/mol. The van der Waals surface area contributed by atoms with E-state index in [0.29, 0.717) is 11.6 Å². The summed E-state index contributed by atoms with van der Waals surface area (Å²) in [5.41, 5.74) is 2.62. The minimum Gasteiger partial charge on any atom is -0.493 e. The Balaban J connectivity index is 1.52. The van der Waals surface area contributed by atoms with Gasteiger partial charge in [-0.05, 0) is 36.8 Å². The molecule has 0 aliphatic carbocycles. The Morgan fingerprint density at radius 1 is 1.19 bits per heavy atom. The first-order valence-electron chi connectivity index (χ1n) is 10.4. The van der Waals surface area contributed by atoms with Crippen LogP contribution >= 0.6 is 11.8 Å². The Morgan fingerprint density at radius 2 is 2.00 bits per heavy atom. The first-order chi connectivity index (χ1) is 15.7. The minimum absolute atomic E-state index is 0.0955. The van der Waals surface area contributed by atoms with Crippen molar-refractivity contribution in [3.8, 4) is 17.0 Å². The van der Waals surface area contributed by atoms with Crippen LogP contribution in [0, 0.1) is 5.82 Å². The molecule has 2 aromatic heterocycles. The lowest BCUT2D eigenvalue weighted by atomic mass is 10.1. The van der Waals surface area contributed by atoms with Gasteiger partial charge in [-0.25, -0.2) is 13.9 Å². The second-order valence-electron chi connectivity index (χ2n) is 7.11. The smallest absolute Gasteiger partial charge is 0.234 e. The van der Waals surface area contributed by atoms with Crippen LogP contribution in [0.25, 0.3) is 16.8 Å². The summed E-state index contributed by atoms with van der Waals surface area (Å²) in [6.07, 6.45) is 5.46. The van der Waals surface area contributed by atoms with Gasteiger partial charge in [-0.1, -0.05) is 49.4 Å². The molecular formula is C24H23FN4O2S. The Labute approximate surface area is 189 Å². The first-order valence-corrected chi connectivity index (χ1v) is 11.4. The predicted octanol–water partition coefficient (Wildman–Crippen LogP) is 5.45. The van der Waals surface area contributed by atoms with Crippen LogP contribution in [0.4, 0.5) is 10.1 Å². The number of benzene rings is 2.